The fourth-order valence-corrected chi connectivity index (χ4v) is 1.62. The Morgan fingerprint density at radius 1 is 1.33 bits per heavy atom. The van der Waals surface area contributed by atoms with Gasteiger partial charge in [0.15, 0.2) is 0 Å². The van der Waals surface area contributed by atoms with Crippen molar-refractivity contribution in [3.8, 4) is 0 Å². The number of anilines is 2. The minimum atomic E-state index is -0.405. The van der Waals surface area contributed by atoms with E-state index in [-0.39, 0.29) is 11.6 Å². The first kappa shape index (κ1) is 14.4. The summed E-state index contributed by atoms with van der Waals surface area (Å²) in [5, 5.41) is 5.74. The van der Waals surface area contributed by atoms with Gasteiger partial charge in [0.25, 0.3) is 0 Å². The molecule has 0 saturated heterocycles. The van der Waals surface area contributed by atoms with E-state index in [4.69, 9.17) is 5.73 Å². The fraction of sp³-hybridized carbons (Fsp3) is 0.462. The number of rotatable bonds is 7. The van der Waals surface area contributed by atoms with Gasteiger partial charge in [-0.1, -0.05) is 6.42 Å². The van der Waals surface area contributed by atoms with Crippen molar-refractivity contribution >= 4 is 17.3 Å². The van der Waals surface area contributed by atoms with Crippen molar-refractivity contribution in [2.24, 2.45) is 0 Å². The Labute approximate surface area is 107 Å². The first-order valence-electron chi connectivity index (χ1n) is 6.13. The SMILES string of the molecule is CNCCCCCC(=O)Nc1ccc(F)cc1N. The zero-order valence-corrected chi connectivity index (χ0v) is 10.6. The van der Waals surface area contributed by atoms with E-state index in [1.54, 1.807) is 0 Å². The Bertz CT molecular complexity index is 396. The summed E-state index contributed by atoms with van der Waals surface area (Å²) in [5.74, 6) is -0.490. The van der Waals surface area contributed by atoms with Crippen LogP contribution in [-0.2, 0) is 4.79 Å². The van der Waals surface area contributed by atoms with Crippen molar-refractivity contribution in [1.29, 1.82) is 0 Å². The zero-order chi connectivity index (χ0) is 13.4. The van der Waals surface area contributed by atoms with Gasteiger partial charge >= 0.3 is 0 Å². The van der Waals surface area contributed by atoms with Gasteiger partial charge in [0.05, 0.1) is 11.4 Å². The normalized spacial score (nSPS) is 10.3. The van der Waals surface area contributed by atoms with Crippen LogP contribution in [0, 0.1) is 5.82 Å². The third-order valence-electron chi connectivity index (χ3n) is 2.62. The summed E-state index contributed by atoms with van der Waals surface area (Å²) in [7, 11) is 1.91. The van der Waals surface area contributed by atoms with E-state index in [1.807, 2.05) is 7.05 Å². The lowest BCUT2D eigenvalue weighted by Gasteiger charge is -2.08. The predicted octanol–water partition coefficient (Wildman–Crippen LogP) is 2.13. The Morgan fingerprint density at radius 3 is 2.78 bits per heavy atom. The number of hydrogen-bond donors (Lipinski definition) is 3. The third kappa shape index (κ3) is 5.14. The molecule has 0 heterocycles. The van der Waals surface area contributed by atoms with Crippen LogP contribution in [0.15, 0.2) is 18.2 Å². The molecular formula is C13H20FN3O. The van der Waals surface area contributed by atoms with Gasteiger partial charge in [0, 0.05) is 6.42 Å². The highest BCUT2D eigenvalue weighted by Gasteiger charge is 2.05. The molecule has 0 fully saturated rings. The second-order valence-electron chi connectivity index (χ2n) is 4.19. The van der Waals surface area contributed by atoms with Crippen molar-refractivity contribution in [3.05, 3.63) is 24.0 Å². The number of nitrogen functional groups attached to an aromatic ring is 1. The Kier molecular flexibility index (Phi) is 6.14. The van der Waals surface area contributed by atoms with Crippen LogP contribution in [0.3, 0.4) is 0 Å². The van der Waals surface area contributed by atoms with Crippen LogP contribution in [0.25, 0.3) is 0 Å². The van der Waals surface area contributed by atoms with E-state index in [2.05, 4.69) is 10.6 Å². The van der Waals surface area contributed by atoms with Gasteiger partial charge in [-0.15, -0.1) is 0 Å². The average molecular weight is 253 g/mol. The molecule has 1 aromatic rings. The molecule has 0 bridgehead atoms. The predicted molar refractivity (Wildman–Crippen MR) is 71.8 cm³/mol. The molecule has 0 radical (unpaired) electrons. The number of carbonyl (C=O) groups is 1. The van der Waals surface area contributed by atoms with Crippen LogP contribution in [0.4, 0.5) is 15.8 Å². The molecule has 18 heavy (non-hydrogen) atoms. The van der Waals surface area contributed by atoms with Gasteiger partial charge in [-0.05, 0) is 44.6 Å². The number of hydrogen-bond acceptors (Lipinski definition) is 3. The molecule has 1 rings (SSSR count). The molecule has 5 heteroatoms. The summed E-state index contributed by atoms with van der Waals surface area (Å²) in [6.07, 6.45) is 3.37. The van der Waals surface area contributed by atoms with E-state index < -0.39 is 5.82 Å². The van der Waals surface area contributed by atoms with Crippen LogP contribution in [-0.4, -0.2) is 19.5 Å². The minimum absolute atomic E-state index is 0.0854. The Hall–Kier alpha value is -1.62. The number of carbonyl (C=O) groups excluding carboxylic acids is 1. The van der Waals surface area contributed by atoms with Crippen molar-refractivity contribution in [2.45, 2.75) is 25.7 Å². The highest BCUT2D eigenvalue weighted by Crippen LogP contribution is 2.19. The smallest absolute Gasteiger partial charge is 0.224 e. The molecule has 0 aromatic heterocycles. The topological polar surface area (TPSA) is 67.2 Å². The maximum absolute atomic E-state index is 12.8. The number of amides is 1. The molecule has 4 N–H and O–H groups in total. The maximum Gasteiger partial charge on any atom is 0.224 e. The van der Waals surface area contributed by atoms with Gasteiger partial charge in [-0.2, -0.15) is 0 Å². The maximum atomic E-state index is 12.8. The summed E-state index contributed by atoms with van der Waals surface area (Å²) in [5.41, 5.74) is 6.32. The lowest BCUT2D eigenvalue weighted by atomic mass is 10.2. The minimum Gasteiger partial charge on any atom is -0.397 e. The molecule has 0 saturated carbocycles. The van der Waals surface area contributed by atoms with Crippen molar-refractivity contribution < 1.29 is 9.18 Å². The molecule has 0 atom stereocenters. The van der Waals surface area contributed by atoms with E-state index >= 15 is 0 Å². The van der Waals surface area contributed by atoms with Gasteiger partial charge in [-0.25, -0.2) is 4.39 Å². The molecule has 0 unspecified atom stereocenters. The number of nitrogens with two attached hydrogens (primary N) is 1. The van der Waals surface area contributed by atoms with Crippen molar-refractivity contribution in [2.75, 3.05) is 24.6 Å². The molecule has 0 aliphatic carbocycles. The van der Waals surface area contributed by atoms with Gasteiger partial charge < -0.3 is 16.4 Å². The number of unbranched alkanes of at least 4 members (excludes halogenated alkanes) is 2. The highest BCUT2D eigenvalue weighted by atomic mass is 19.1. The van der Waals surface area contributed by atoms with Gasteiger partial charge in [0.2, 0.25) is 5.91 Å². The summed E-state index contributed by atoms with van der Waals surface area (Å²) in [6.45, 7) is 0.965. The zero-order valence-electron chi connectivity index (χ0n) is 10.6. The lowest BCUT2D eigenvalue weighted by molar-refractivity contribution is -0.116. The van der Waals surface area contributed by atoms with Crippen molar-refractivity contribution in [1.82, 2.24) is 5.32 Å². The summed E-state index contributed by atoms with van der Waals surface area (Å²) in [6, 6.07) is 3.95. The monoisotopic (exact) mass is 253 g/mol. The first-order valence-corrected chi connectivity index (χ1v) is 6.13. The van der Waals surface area contributed by atoms with Crippen LogP contribution in [0.2, 0.25) is 0 Å². The molecule has 0 spiro atoms. The summed E-state index contributed by atoms with van der Waals surface area (Å²) < 4.78 is 12.8. The molecule has 100 valence electrons. The van der Waals surface area contributed by atoms with Gasteiger partial charge in [0.1, 0.15) is 5.82 Å². The van der Waals surface area contributed by atoms with E-state index in [0.29, 0.717) is 12.1 Å². The van der Waals surface area contributed by atoms with Crippen LogP contribution >= 0.6 is 0 Å². The summed E-state index contributed by atoms with van der Waals surface area (Å²) >= 11 is 0. The largest absolute Gasteiger partial charge is 0.397 e. The molecule has 1 aromatic carbocycles. The number of halogens is 1. The van der Waals surface area contributed by atoms with Crippen LogP contribution in [0.5, 0.6) is 0 Å². The number of nitrogens with one attached hydrogen (secondary N) is 2. The van der Waals surface area contributed by atoms with E-state index in [9.17, 15) is 9.18 Å². The summed E-state index contributed by atoms with van der Waals surface area (Å²) in [4.78, 5) is 11.6. The van der Waals surface area contributed by atoms with Gasteiger partial charge in [-0.3, -0.25) is 4.79 Å². The molecule has 1 amide bonds. The standard InChI is InChI=1S/C13H20FN3O/c1-16-8-4-2-3-5-13(18)17-12-7-6-10(14)9-11(12)15/h6-7,9,16H,2-5,8,15H2,1H3,(H,17,18). The first-order chi connectivity index (χ1) is 8.63. The molecule has 4 nitrogen and oxygen atoms in total. The molecule has 0 aliphatic heterocycles. The number of benzene rings is 1. The Balaban J connectivity index is 2.31. The fourth-order valence-electron chi connectivity index (χ4n) is 1.62. The third-order valence-corrected chi connectivity index (χ3v) is 2.62. The van der Waals surface area contributed by atoms with Crippen molar-refractivity contribution in [3.63, 3.8) is 0 Å². The van der Waals surface area contributed by atoms with E-state index in [0.717, 1.165) is 25.8 Å². The highest BCUT2D eigenvalue weighted by molar-refractivity contribution is 5.93. The lowest BCUT2D eigenvalue weighted by Crippen LogP contribution is -2.13. The second kappa shape index (κ2) is 7.66. The van der Waals surface area contributed by atoms with Crippen LogP contribution < -0.4 is 16.4 Å². The molecule has 0 aliphatic rings. The van der Waals surface area contributed by atoms with E-state index in [1.165, 1.54) is 18.2 Å². The quantitative estimate of drug-likeness (QED) is 0.515. The molecular weight excluding hydrogens is 233 g/mol. The average Bonchev–Trinajstić information content (AvgIpc) is 2.32. The second-order valence-corrected chi connectivity index (χ2v) is 4.19. The Morgan fingerprint density at radius 2 is 2.11 bits per heavy atom. The van der Waals surface area contributed by atoms with Crippen LogP contribution in [0.1, 0.15) is 25.7 Å².